The summed E-state index contributed by atoms with van der Waals surface area (Å²) in [6.07, 6.45) is 2.16. The summed E-state index contributed by atoms with van der Waals surface area (Å²) in [7, 11) is 1.59. The van der Waals surface area contributed by atoms with Crippen molar-refractivity contribution >= 4 is 11.9 Å². The predicted molar refractivity (Wildman–Crippen MR) is 133 cm³/mol. The van der Waals surface area contributed by atoms with Crippen molar-refractivity contribution in [1.82, 2.24) is 0 Å². The molecule has 5 aliphatic rings. The van der Waals surface area contributed by atoms with Gasteiger partial charge in [0, 0.05) is 5.56 Å². The van der Waals surface area contributed by atoms with Crippen molar-refractivity contribution in [1.29, 1.82) is 0 Å². The molecule has 0 radical (unpaired) electrons. The van der Waals surface area contributed by atoms with E-state index in [-0.39, 0.29) is 18.4 Å². The molecule has 0 amide bonds. The Morgan fingerprint density at radius 1 is 1.16 bits per heavy atom. The molecule has 1 N–H and O–H groups in total. The van der Waals surface area contributed by atoms with Gasteiger partial charge >= 0.3 is 11.9 Å². The van der Waals surface area contributed by atoms with Gasteiger partial charge in [-0.25, -0.2) is 9.59 Å². The van der Waals surface area contributed by atoms with Crippen LogP contribution in [0, 0.1) is 11.8 Å². The zero-order valence-corrected chi connectivity index (χ0v) is 22.6. The first kappa shape index (κ1) is 25.6. The molecule has 2 heterocycles. The number of methoxy groups -OCH3 is 1. The fourth-order valence-corrected chi connectivity index (χ4v) is 7.29. The first-order chi connectivity index (χ1) is 18.0. The summed E-state index contributed by atoms with van der Waals surface area (Å²) < 4.78 is 35.0. The Hall–Kier alpha value is -2.62. The maximum absolute atomic E-state index is 13.5. The van der Waals surface area contributed by atoms with E-state index in [2.05, 4.69) is 6.07 Å². The minimum atomic E-state index is -1.30. The summed E-state index contributed by atoms with van der Waals surface area (Å²) >= 11 is 0. The Kier molecular flexibility index (Phi) is 5.87. The normalized spacial score (nSPS) is 35.7. The van der Waals surface area contributed by atoms with Crippen LogP contribution in [0.4, 0.5) is 0 Å². The molecule has 2 aliphatic heterocycles. The van der Waals surface area contributed by atoms with Crippen LogP contribution in [0.1, 0.15) is 64.5 Å². The molecule has 3 aliphatic carbocycles. The number of hydrogen-bond acceptors (Lipinski definition) is 9. The van der Waals surface area contributed by atoms with Gasteiger partial charge in [0.05, 0.1) is 24.7 Å². The van der Waals surface area contributed by atoms with E-state index in [0.717, 1.165) is 30.4 Å². The molecule has 2 fully saturated rings. The van der Waals surface area contributed by atoms with E-state index in [1.165, 1.54) is 0 Å². The fraction of sp³-hybridized carbons (Fsp3) is 0.655. The van der Waals surface area contributed by atoms with Gasteiger partial charge in [-0.2, -0.15) is 0 Å². The molecule has 0 unspecified atom stereocenters. The van der Waals surface area contributed by atoms with Crippen molar-refractivity contribution in [2.24, 2.45) is 11.8 Å². The Bertz CT molecular complexity index is 1200. The molecule has 9 nitrogen and oxygen atoms in total. The molecule has 1 saturated heterocycles. The zero-order chi connectivity index (χ0) is 27.0. The summed E-state index contributed by atoms with van der Waals surface area (Å²) in [5, 5.41) is 12.2. The van der Waals surface area contributed by atoms with Crippen molar-refractivity contribution in [3.05, 3.63) is 35.1 Å². The third-order valence-electron chi connectivity index (χ3n) is 8.81. The molecular formula is C29H36O9. The highest BCUT2D eigenvalue weighted by molar-refractivity contribution is 5.87. The summed E-state index contributed by atoms with van der Waals surface area (Å²) in [4.78, 5) is 26.3. The monoisotopic (exact) mass is 528 g/mol. The van der Waals surface area contributed by atoms with E-state index in [4.69, 9.17) is 28.4 Å². The van der Waals surface area contributed by atoms with E-state index >= 15 is 0 Å². The summed E-state index contributed by atoms with van der Waals surface area (Å²) in [6.45, 7) is 7.32. The highest BCUT2D eigenvalue weighted by atomic mass is 16.8. The lowest BCUT2D eigenvalue weighted by Gasteiger charge is -2.59. The maximum Gasteiger partial charge on any atom is 0.343 e. The van der Waals surface area contributed by atoms with E-state index in [1.807, 2.05) is 19.9 Å². The molecule has 9 heteroatoms. The van der Waals surface area contributed by atoms with Crippen LogP contribution in [0.2, 0.25) is 0 Å². The van der Waals surface area contributed by atoms with Crippen LogP contribution in [-0.4, -0.2) is 60.5 Å². The highest BCUT2D eigenvalue weighted by Crippen LogP contribution is 2.67. The predicted octanol–water partition coefficient (Wildman–Crippen LogP) is 3.33. The van der Waals surface area contributed by atoms with Gasteiger partial charge in [0.2, 0.25) is 0 Å². The van der Waals surface area contributed by atoms with E-state index < -0.39 is 47.1 Å². The lowest BCUT2D eigenvalue weighted by Crippen LogP contribution is -2.67. The number of carbonyl (C=O) groups is 2. The van der Waals surface area contributed by atoms with Crippen LogP contribution in [0.5, 0.6) is 11.5 Å². The largest absolute Gasteiger partial charge is 0.493 e. The zero-order valence-electron chi connectivity index (χ0n) is 22.6. The average molecular weight is 529 g/mol. The SMILES string of the molecule is COc1ccc2c3c1O[C@H]1C(OC(=O)[C@@H]4OC(C)(C)O[C@H]4C(=O)OCC(C)C)=CC[C@@]4(O)[C@H](CCC[C@]314)C2. The summed E-state index contributed by atoms with van der Waals surface area (Å²) in [5.41, 5.74) is 0.347. The van der Waals surface area contributed by atoms with Gasteiger partial charge in [-0.3, -0.25) is 0 Å². The van der Waals surface area contributed by atoms with Gasteiger partial charge in [0.1, 0.15) is 5.76 Å². The molecule has 206 valence electrons. The third kappa shape index (κ3) is 3.54. The van der Waals surface area contributed by atoms with Crippen molar-refractivity contribution in [2.45, 2.75) is 94.9 Å². The molecule has 1 aromatic carbocycles. The number of ether oxygens (including phenoxy) is 6. The second-order valence-corrected chi connectivity index (χ2v) is 12.1. The fourth-order valence-electron chi connectivity index (χ4n) is 7.29. The summed E-state index contributed by atoms with van der Waals surface area (Å²) in [6, 6.07) is 3.96. The van der Waals surface area contributed by atoms with Crippen LogP contribution in [-0.2, 0) is 40.4 Å². The maximum atomic E-state index is 13.5. The Morgan fingerprint density at radius 3 is 2.61 bits per heavy atom. The van der Waals surface area contributed by atoms with Gasteiger partial charge in [-0.1, -0.05) is 26.3 Å². The quantitative estimate of drug-likeness (QED) is 0.556. The molecule has 0 aromatic heterocycles. The topological polar surface area (TPSA) is 110 Å². The van der Waals surface area contributed by atoms with Crippen LogP contribution < -0.4 is 9.47 Å². The van der Waals surface area contributed by atoms with Crippen LogP contribution in [0.25, 0.3) is 0 Å². The number of hydrogen-bond donors (Lipinski definition) is 1. The highest BCUT2D eigenvalue weighted by Gasteiger charge is 2.71. The van der Waals surface area contributed by atoms with Crippen molar-refractivity contribution in [3.63, 3.8) is 0 Å². The van der Waals surface area contributed by atoms with Crippen molar-refractivity contribution in [3.8, 4) is 11.5 Å². The van der Waals surface area contributed by atoms with Gasteiger partial charge < -0.3 is 33.5 Å². The van der Waals surface area contributed by atoms with Crippen LogP contribution in [0.3, 0.4) is 0 Å². The second-order valence-electron chi connectivity index (χ2n) is 12.1. The molecule has 2 bridgehead atoms. The van der Waals surface area contributed by atoms with E-state index in [0.29, 0.717) is 30.1 Å². The number of carbonyl (C=O) groups excluding carboxylic acids is 2. The number of rotatable bonds is 6. The number of aliphatic hydroxyl groups is 1. The van der Waals surface area contributed by atoms with Gasteiger partial charge in [0.15, 0.2) is 35.6 Å². The Labute approximate surface area is 222 Å². The van der Waals surface area contributed by atoms with Crippen molar-refractivity contribution in [2.75, 3.05) is 13.7 Å². The molecule has 6 atom stereocenters. The second kappa shape index (κ2) is 8.69. The Morgan fingerprint density at radius 2 is 1.89 bits per heavy atom. The lowest BCUT2D eigenvalue weighted by molar-refractivity contribution is -0.175. The molecule has 38 heavy (non-hydrogen) atoms. The first-order valence-electron chi connectivity index (χ1n) is 13.5. The number of benzene rings is 1. The first-order valence-corrected chi connectivity index (χ1v) is 13.5. The van der Waals surface area contributed by atoms with Gasteiger partial charge in [-0.15, -0.1) is 0 Å². The number of esters is 2. The average Bonchev–Trinajstić information content (AvgIpc) is 3.38. The molecule has 1 saturated carbocycles. The Balaban J connectivity index is 1.32. The standard InChI is InChI=1S/C29H36O9/c1-15(2)14-34-25(30)22-23(38-27(3,4)37-22)26(31)35-19-10-12-29(32)17-7-6-11-28(29)20-16(13-17)8-9-18(33-5)21(20)36-24(19)28/h8-10,15,17,22-24,32H,6-7,11-14H2,1-5H3/t17-,22-,23-,24+,28+,29-/m1/s1. The smallest absolute Gasteiger partial charge is 0.343 e. The minimum Gasteiger partial charge on any atom is -0.493 e. The summed E-state index contributed by atoms with van der Waals surface area (Å²) in [5.74, 6) is -0.885. The molecule has 1 spiro atoms. The van der Waals surface area contributed by atoms with Gasteiger partial charge in [-0.05, 0) is 69.1 Å². The lowest BCUT2D eigenvalue weighted by atomic mass is 9.47. The third-order valence-corrected chi connectivity index (χ3v) is 8.81. The van der Waals surface area contributed by atoms with Crippen LogP contribution >= 0.6 is 0 Å². The van der Waals surface area contributed by atoms with Crippen molar-refractivity contribution < 1.29 is 43.1 Å². The van der Waals surface area contributed by atoms with E-state index in [9.17, 15) is 14.7 Å². The van der Waals surface area contributed by atoms with E-state index in [1.54, 1.807) is 27.0 Å². The van der Waals surface area contributed by atoms with Crippen LogP contribution in [0.15, 0.2) is 24.0 Å². The van der Waals surface area contributed by atoms with Gasteiger partial charge in [0.25, 0.3) is 0 Å². The molecule has 6 rings (SSSR count). The minimum absolute atomic E-state index is 0.0789. The molecule has 1 aromatic rings. The molecular weight excluding hydrogens is 492 g/mol.